The van der Waals surface area contributed by atoms with Crippen LogP contribution in [0.4, 0.5) is 0 Å². The zero-order valence-electron chi connectivity index (χ0n) is 17.3. The normalized spacial score (nSPS) is 19.2. The minimum absolute atomic E-state index is 0.0428. The molecule has 3 N–H and O–H groups in total. The van der Waals surface area contributed by atoms with Crippen molar-refractivity contribution in [1.29, 1.82) is 0 Å². The Morgan fingerprint density at radius 1 is 1.19 bits per heavy atom. The molecule has 0 aliphatic heterocycles. The van der Waals surface area contributed by atoms with Crippen molar-refractivity contribution in [2.24, 2.45) is 5.92 Å². The third-order valence-electron chi connectivity index (χ3n) is 5.34. The van der Waals surface area contributed by atoms with Crippen LogP contribution in [0.3, 0.4) is 0 Å². The Hall–Kier alpha value is -2.53. The van der Waals surface area contributed by atoms with Crippen LogP contribution in [0, 0.1) is 5.92 Å². The maximum absolute atomic E-state index is 13.0. The number of hydrogen-bond donors (Lipinski definition) is 3. The van der Waals surface area contributed by atoms with Gasteiger partial charge in [-0.1, -0.05) is 11.2 Å². The number of rotatable bonds is 8. The number of aliphatic hydroxyl groups is 1. The smallest absolute Gasteiger partial charge is 0.236 e. The van der Waals surface area contributed by atoms with Gasteiger partial charge in [-0.2, -0.15) is 0 Å². The average molecular weight is 450 g/mol. The predicted molar refractivity (Wildman–Crippen MR) is 111 cm³/mol. The Morgan fingerprint density at radius 3 is 2.52 bits per heavy atom. The average Bonchev–Trinajstić information content (AvgIpc) is 2.75. The van der Waals surface area contributed by atoms with Gasteiger partial charge in [0.1, 0.15) is 5.75 Å². The molecule has 31 heavy (non-hydrogen) atoms. The number of aliphatic hydroxyl groups excluding tert-OH is 1. The Morgan fingerprint density at radius 2 is 1.87 bits per heavy atom. The minimum atomic E-state index is -3.94. The summed E-state index contributed by atoms with van der Waals surface area (Å²) in [6, 6.07) is 9.02. The maximum atomic E-state index is 13.0. The van der Waals surface area contributed by atoms with Crippen molar-refractivity contribution in [2.75, 3.05) is 7.11 Å². The van der Waals surface area contributed by atoms with E-state index in [1.807, 2.05) is 0 Å². The van der Waals surface area contributed by atoms with E-state index in [4.69, 9.17) is 4.74 Å². The number of benzene rings is 1. The third kappa shape index (κ3) is 6.01. The molecule has 1 heterocycles. The number of ether oxygens (including phenoxy) is 1. The van der Waals surface area contributed by atoms with Crippen LogP contribution in [-0.4, -0.2) is 48.0 Å². The first-order chi connectivity index (χ1) is 14.8. The molecular weight excluding hydrogens is 422 g/mol. The quantitative estimate of drug-likeness (QED) is 0.523. The summed E-state index contributed by atoms with van der Waals surface area (Å²) in [6.45, 7) is -0.256. The summed E-state index contributed by atoms with van der Waals surface area (Å²) in [5.41, 5.74) is 2.61. The standard InChI is InChI=1S/C21H27N3O6S/c1-30-18-8-10-19(11-9-18)31(28,29)21-16(3-2-12-22-21)14-24(27)23-20(26)13-15-4-6-17(25)7-5-15/h2-3,8-12,15,17,25,27H,4-7,13-14H2,1H3,(H,23,26). The molecule has 1 aliphatic rings. The highest BCUT2D eigenvalue weighted by atomic mass is 32.2. The summed E-state index contributed by atoms with van der Waals surface area (Å²) in [4.78, 5) is 16.3. The maximum Gasteiger partial charge on any atom is 0.236 e. The van der Waals surface area contributed by atoms with Gasteiger partial charge in [-0.25, -0.2) is 13.4 Å². The second-order valence-electron chi connectivity index (χ2n) is 7.62. The van der Waals surface area contributed by atoms with Gasteiger partial charge >= 0.3 is 0 Å². The van der Waals surface area contributed by atoms with Gasteiger partial charge in [0, 0.05) is 18.2 Å². The van der Waals surface area contributed by atoms with Crippen molar-refractivity contribution in [3.05, 3.63) is 48.2 Å². The van der Waals surface area contributed by atoms with Crippen molar-refractivity contribution in [3.63, 3.8) is 0 Å². The number of methoxy groups -OCH3 is 1. The fraction of sp³-hybridized carbons (Fsp3) is 0.429. The van der Waals surface area contributed by atoms with Gasteiger partial charge in [0.15, 0.2) is 5.03 Å². The second-order valence-corrected chi connectivity index (χ2v) is 9.48. The first-order valence-corrected chi connectivity index (χ1v) is 11.5. The highest BCUT2D eigenvalue weighted by Crippen LogP contribution is 2.27. The topological polar surface area (TPSA) is 129 Å². The highest BCUT2D eigenvalue weighted by molar-refractivity contribution is 7.91. The van der Waals surface area contributed by atoms with Crippen molar-refractivity contribution in [1.82, 2.24) is 15.6 Å². The summed E-state index contributed by atoms with van der Waals surface area (Å²) in [6.07, 6.45) is 4.14. The van der Waals surface area contributed by atoms with E-state index in [1.165, 1.54) is 31.5 Å². The van der Waals surface area contributed by atoms with Gasteiger partial charge < -0.3 is 9.84 Å². The van der Waals surface area contributed by atoms with E-state index in [-0.39, 0.29) is 46.4 Å². The van der Waals surface area contributed by atoms with Crippen LogP contribution < -0.4 is 10.2 Å². The van der Waals surface area contributed by atoms with Crippen LogP contribution in [0.2, 0.25) is 0 Å². The molecule has 0 atom stereocenters. The number of amides is 1. The van der Waals surface area contributed by atoms with Gasteiger partial charge in [0.2, 0.25) is 15.7 Å². The van der Waals surface area contributed by atoms with Crippen LogP contribution in [0.25, 0.3) is 0 Å². The highest BCUT2D eigenvalue weighted by Gasteiger charge is 2.25. The molecule has 0 saturated heterocycles. The summed E-state index contributed by atoms with van der Waals surface area (Å²) in [5, 5.41) is 20.1. The number of hydroxylamine groups is 1. The Kier molecular flexibility index (Phi) is 7.60. The lowest BCUT2D eigenvalue weighted by Crippen LogP contribution is -2.40. The molecule has 0 unspecified atom stereocenters. The van der Waals surface area contributed by atoms with Gasteiger partial charge in [-0.3, -0.25) is 15.4 Å². The fourth-order valence-corrected chi connectivity index (χ4v) is 5.05. The van der Waals surface area contributed by atoms with E-state index in [9.17, 15) is 23.5 Å². The van der Waals surface area contributed by atoms with Gasteiger partial charge in [-0.05, 0) is 61.9 Å². The lowest BCUT2D eigenvalue weighted by molar-refractivity contribution is -0.166. The van der Waals surface area contributed by atoms with Crippen LogP contribution >= 0.6 is 0 Å². The second kappa shape index (κ2) is 10.2. The van der Waals surface area contributed by atoms with E-state index < -0.39 is 9.84 Å². The van der Waals surface area contributed by atoms with Crippen molar-refractivity contribution in [2.45, 2.75) is 54.7 Å². The number of hydrazine groups is 1. The van der Waals surface area contributed by atoms with E-state index in [0.717, 1.165) is 12.8 Å². The summed E-state index contributed by atoms with van der Waals surface area (Å²) in [7, 11) is -2.45. The van der Waals surface area contributed by atoms with E-state index in [1.54, 1.807) is 18.2 Å². The lowest BCUT2D eigenvalue weighted by atomic mass is 9.85. The van der Waals surface area contributed by atoms with Gasteiger partial charge in [-0.15, -0.1) is 0 Å². The summed E-state index contributed by atoms with van der Waals surface area (Å²) in [5.74, 6) is 0.311. The zero-order valence-corrected chi connectivity index (χ0v) is 18.1. The molecule has 1 aliphatic carbocycles. The largest absolute Gasteiger partial charge is 0.497 e. The Bertz CT molecular complexity index is 988. The van der Waals surface area contributed by atoms with Crippen LogP contribution in [0.15, 0.2) is 52.5 Å². The van der Waals surface area contributed by atoms with E-state index >= 15 is 0 Å². The summed E-state index contributed by atoms with van der Waals surface area (Å²) >= 11 is 0. The molecule has 0 radical (unpaired) electrons. The van der Waals surface area contributed by atoms with E-state index in [0.29, 0.717) is 23.8 Å². The number of carbonyl (C=O) groups is 1. The van der Waals surface area contributed by atoms with Gasteiger partial charge in [0.25, 0.3) is 0 Å². The molecule has 1 saturated carbocycles. The minimum Gasteiger partial charge on any atom is -0.497 e. The lowest BCUT2D eigenvalue weighted by Gasteiger charge is -2.25. The monoisotopic (exact) mass is 449 g/mol. The third-order valence-corrected chi connectivity index (χ3v) is 7.11. The van der Waals surface area contributed by atoms with Crippen molar-refractivity contribution >= 4 is 15.7 Å². The number of pyridine rings is 1. The number of hydrogen-bond acceptors (Lipinski definition) is 8. The van der Waals surface area contributed by atoms with Gasteiger partial charge in [0.05, 0.1) is 24.7 Å². The first-order valence-electron chi connectivity index (χ1n) is 10.1. The molecule has 1 amide bonds. The molecular formula is C21H27N3O6S. The Labute approximate surface area is 181 Å². The number of nitrogens with one attached hydrogen (secondary N) is 1. The molecule has 10 heteroatoms. The molecule has 1 aromatic carbocycles. The molecule has 1 fully saturated rings. The predicted octanol–water partition coefficient (Wildman–Crippen LogP) is 2.09. The van der Waals surface area contributed by atoms with E-state index in [2.05, 4.69) is 10.4 Å². The number of nitrogens with zero attached hydrogens (tertiary/aromatic N) is 2. The van der Waals surface area contributed by atoms with Crippen LogP contribution in [0.5, 0.6) is 5.75 Å². The van der Waals surface area contributed by atoms with Crippen LogP contribution in [0.1, 0.15) is 37.7 Å². The van der Waals surface area contributed by atoms with Crippen molar-refractivity contribution < 1.29 is 28.3 Å². The molecule has 168 valence electrons. The fourth-order valence-electron chi connectivity index (χ4n) is 3.65. The molecule has 1 aromatic heterocycles. The number of sulfone groups is 1. The molecule has 9 nitrogen and oxygen atoms in total. The molecule has 3 rings (SSSR count). The van der Waals surface area contributed by atoms with Crippen LogP contribution in [-0.2, 0) is 21.2 Å². The first kappa shape index (κ1) is 23.1. The van der Waals surface area contributed by atoms with Crippen molar-refractivity contribution in [3.8, 4) is 5.75 Å². The Balaban J connectivity index is 1.67. The molecule has 0 bridgehead atoms. The molecule has 2 aromatic rings. The summed E-state index contributed by atoms with van der Waals surface area (Å²) < 4.78 is 31.1. The number of aromatic nitrogens is 1. The SMILES string of the molecule is COc1ccc(S(=O)(=O)c2ncccc2CN(O)NC(=O)CC2CCC(O)CC2)cc1. The molecule has 0 spiro atoms. The zero-order chi connectivity index (χ0) is 22.4. The number of carbonyl (C=O) groups excluding carboxylic acids is 1.